The SMILES string of the molecule is CC1CCC2(OC1)O[C@@H]1CC3C4CC=C5C[C@H](O[C@H]6O[C@@H](CO)[C@H](O[C@H]7O[C@H](C)[C@@H](O)[C@H](O)[C@@H]7O)[C@@H](O)[C@@H]6O[C@H]6O[C@H](C)[C@@H](O)[C@H](O)[C@@H]6O)CC[C@@]5(C)C4CC[C@@]3(C)[C@@H]1[C@H]2C. The van der Waals surface area contributed by atoms with Gasteiger partial charge in [0.2, 0.25) is 0 Å². The van der Waals surface area contributed by atoms with E-state index in [1.807, 2.05) is 0 Å². The fraction of sp³-hybridized carbons (Fsp3) is 0.956. The van der Waals surface area contributed by atoms with Crippen LogP contribution in [0.25, 0.3) is 0 Å². The van der Waals surface area contributed by atoms with E-state index in [-0.39, 0.29) is 23.0 Å². The summed E-state index contributed by atoms with van der Waals surface area (Å²) in [5.41, 5.74) is 1.53. The standard InChI is InChI=1S/C45H72O16/c1-19-9-14-45(54-18-19)20(2)30-28(61-45)16-27-25-8-7-23-15-24(10-12-43(23,5)26(25)11-13-44(27,30)6)57-42-39(60-41-36(52)34(50)32(48)22(4)56-41)37(53)38(29(17-46)58-42)59-40-35(51)33(49)31(47)21(3)55-40/h7,19-22,24-42,46-53H,8-18H2,1-6H3/t19?,20-,21-,22-,24-,25?,26?,27?,28-,29+,30-,31-,32-,33+,34+,35+,36+,37-,38+,39+,40-,41-,42+,43-,44-,45?/m1/s1. The lowest BCUT2D eigenvalue weighted by Gasteiger charge is -2.58. The molecule has 9 rings (SSSR count). The second-order valence-electron chi connectivity index (χ2n) is 21.1. The van der Waals surface area contributed by atoms with Crippen LogP contribution in [0.3, 0.4) is 0 Å². The van der Waals surface area contributed by atoms with Crippen LogP contribution in [0.4, 0.5) is 0 Å². The lowest BCUT2D eigenvalue weighted by Crippen LogP contribution is -2.66. The Morgan fingerprint density at radius 1 is 0.689 bits per heavy atom. The largest absolute Gasteiger partial charge is 0.394 e. The van der Waals surface area contributed by atoms with Crippen molar-refractivity contribution in [2.75, 3.05) is 13.2 Å². The van der Waals surface area contributed by atoms with Gasteiger partial charge in [0.25, 0.3) is 0 Å². The molecule has 0 radical (unpaired) electrons. The van der Waals surface area contributed by atoms with E-state index in [1.165, 1.54) is 25.8 Å². The summed E-state index contributed by atoms with van der Waals surface area (Å²) in [6.07, 6.45) is -10.4. The van der Waals surface area contributed by atoms with Gasteiger partial charge < -0.3 is 78.7 Å². The molecule has 61 heavy (non-hydrogen) atoms. The summed E-state index contributed by atoms with van der Waals surface area (Å²) in [6, 6.07) is 0. The van der Waals surface area contributed by atoms with Crippen molar-refractivity contribution in [1.29, 1.82) is 0 Å². The van der Waals surface area contributed by atoms with Crippen molar-refractivity contribution in [1.82, 2.24) is 0 Å². The van der Waals surface area contributed by atoms with E-state index < -0.39 is 105 Å². The zero-order valence-corrected chi connectivity index (χ0v) is 36.5. The third-order valence-electron chi connectivity index (χ3n) is 17.6. The van der Waals surface area contributed by atoms with Crippen LogP contribution in [0.2, 0.25) is 0 Å². The van der Waals surface area contributed by atoms with Crippen molar-refractivity contribution in [3.63, 3.8) is 0 Å². The molecule has 0 aromatic rings. The average Bonchev–Trinajstić information content (AvgIpc) is 3.69. The highest BCUT2D eigenvalue weighted by molar-refractivity contribution is 5.26. The molecule has 5 aliphatic heterocycles. The molecule has 0 amide bonds. The summed E-state index contributed by atoms with van der Waals surface area (Å²) in [4.78, 5) is 0. The highest BCUT2D eigenvalue weighted by Gasteiger charge is 2.69. The van der Waals surface area contributed by atoms with Crippen molar-refractivity contribution in [3.05, 3.63) is 11.6 Å². The molecule has 3 saturated carbocycles. The lowest BCUT2D eigenvalue weighted by molar-refractivity contribution is -0.388. The van der Waals surface area contributed by atoms with Gasteiger partial charge in [-0.15, -0.1) is 0 Å². The maximum atomic E-state index is 12.0. The molecular formula is C45H72O16. The molecule has 4 aliphatic carbocycles. The number of fused-ring (bicyclic) bond motifs is 7. The summed E-state index contributed by atoms with van der Waals surface area (Å²) in [5.74, 6) is 2.64. The average molecular weight is 869 g/mol. The summed E-state index contributed by atoms with van der Waals surface area (Å²) in [6.45, 7) is 12.7. The summed E-state index contributed by atoms with van der Waals surface area (Å²) in [5, 5.41) is 85.9. The minimum absolute atomic E-state index is 0.0171. The van der Waals surface area contributed by atoms with Crippen LogP contribution in [0.5, 0.6) is 0 Å². The Balaban J connectivity index is 0.916. The molecule has 8 fully saturated rings. The normalized spacial score (nSPS) is 58.4. The predicted octanol–water partition coefficient (Wildman–Crippen LogP) is 1.24. The van der Waals surface area contributed by atoms with E-state index in [1.54, 1.807) is 0 Å². The van der Waals surface area contributed by atoms with Crippen LogP contribution in [0.15, 0.2) is 11.6 Å². The molecule has 1 spiro atoms. The minimum Gasteiger partial charge on any atom is -0.394 e. The predicted molar refractivity (Wildman–Crippen MR) is 213 cm³/mol. The molecule has 0 aromatic heterocycles. The van der Waals surface area contributed by atoms with Crippen molar-refractivity contribution < 1.29 is 78.7 Å². The second-order valence-corrected chi connectivity index (χ2v) is 21.1. The van der Waals surface area contributed by atoms with Gasteiger partial charge in [0, 0.05) is 12.3 Å². The summed E-state index contributed by atoms with van der Waals surface area (Å²) in [7, 11) is 0. The number of aliphatic hydroxyl groups is 8. The zero-order valence-electron chi connectivity index (χ0n) is 36.5. The summed E-state index contributed by atoms with van der Waals surface area (Å²) < 4.78 is 50.1. The van der Waals surface area contributed by atoms with E-state index >= 15 is 0 Å². The molecule has 26 atom stereocenters. The molecule has 0 bridgehead atoms. The van der Waals surface area contributed by atoms with Gasteiger partial charge in [-0.05, 0) is 106 Å². The van der Waals surface area contributed by atoms with E-state index in [4.69, 9.17) is 37.9 Å². The van der Waals surface area contributed by atoms with Crippen LogP contribution in [0, 0.1) is 46.3 Å². The Morgan fingerprint density at radius 3 is 1.97 bits per heavy atom. The van der Waals surface area contributed by atoms with Crippen LogP contribution in [0.1, 0.15) is 99.3 Å². The number of aliphatic hydroxyl groups excluding tert-OH is 8. The zero-order chi connectivity index (χ0) is 43.5. The fourth-order valence-electron chi connectivity index (χ4n) is 14.0. The van der Waals surface area contributed by atoms with Crippen molar-refractivity contribution in [2.24, 2.45) is 46.3 Å². The van der Waals surface area contributed by atoms with Gasteiger partial charge in [0.15, 0.2) is 24.7 Å². The first-order valence-electron chi connectivity index (χ1n) is 23.2. The Morgan fingerprint density at radius 2 is 1.34 bits per heavy atom. The monoisotopic (exact) mass is 868 g/mol. The van der Waals surface area contributed by atoms with Gasteiger partial charge in [-0.2, -0.15) is 0 Å². The van der Waals surface area contributed by atoms with Crippen molar-refractivity contribution in [2.45, 2.75) is 209 Å². The molecule has 348 valence electrons. The molecule has 5 unspecified atom stereocenters. The number of rotatable bonds is 7. The number of hydrogen-bond acceptors (Lipinski definition) is 16. The first-order chi connectivity index (χ1) is 28.9. The second kappa shape index (κ2) is 16.8. The Hall–Kier alpha value is -0.900. The topological polar surface area (TPSA) is 236 Å². The molecule has 5 saturated heterocycles. The van der Waals surface area contributed by atoms with Gasteiger partial charge in [-0.25, -0.2) is 0 Å². The molecule has 0 aromatic carbocycles. The van der Waals surface area contributed by atoms with E-state index in [0.29, 0.717) is 48.3 Å². The van der Waals surface area contributed by atoms with Crippen LogP contribution in [-0.2, 0) is 37.9 Å². The molecule has 16 heteroatoms. The first-order valence-corrected chi connectivity index (χ1v) is 23.2. The molecule has 5 heterocycles. The van der Waals surface area contributed by atoms with Gasteiger partial charge in [0.1, 0.15) is 61.0 Å². The van der Waals surface area contributed by atoms with E-state index in [0.717, 1.165) is 45.1 Å². The maximum Gasteiger partial charge on any atom is 0.187 e. The lowest BCUT2D eigenvalue weighted by atomic mass is 9.47. The molecule has 16 nitrogen and oxygen atoms in total. The quantitative estimate of drug-likeness (QED) is 0.168. The molecular weight excluding hydrogens is 796 g/mol. The van der Waals surface area contributed by atoms with Crippen LogP contribution >= 0.6 is 0 Å². The van der Waals surface area contributed by atoms with Gasteiger partial charge in [0.05, 0.1) is 37.6 Å². The van der Waals surface area contributed by atoms with Gasteiger partial charge in [-0.3, -0.25) is 0 Å². The van der Waals surface area contributed by atoms with Crippen molar-refractivity contribution in [3.8, 4) is 0 Å². The summed E-state index contributed by atoms with van der Waals surface area (Å²) >= 11 is 0. The van der Waals surface area contributed by atoms with Crippen molar-refractivity contribution >= 4 is 0 Å². The number of ether oxygens (including phenoxy) is 8. The number of hydrogen-bond donors (Lipinski definition) is 8. The minimum atomic E-state index is -1.71. The van der Waals surface area contributed by atoms with E-state index in [2.05, 4.69) is 33.8 Å². The third kappa shape index (κ3) is 7.42. The Labute approximate surface area is 358 Å². The number of allylic oxidation sites excluding steroid dienone is 1. The maximum absolute atomic E-state index is 12.0. The molecule has 8 N–H and O–H groups in total. The third-order valence-corrected chi connectivity index (χ3v) is 17.6. The fourth-order valence-corrected chi connectivity index (χ4v) is 14.0. The van der Waals surface area contributed by atoms with Gasteiger partial charge >= 0.3 is 0 Å². The highest BCUT2D eigenvalue weighted by Crippen LogP contribution is 2.70. The van der Waals surface area contributed by atoms with Crippen LogP contribution in [-0.4, -0.2) is 164 Å². The highest BCUT2D eigenvalue weighted by atomic mass is 16.8. The van der Waals surface area contributed by atoms with Gasteiger partial charge in [-0.1, -0.05) is 39.3 Å². The Bertz CT molecular complexity index is 1590. The smallest absolute Gasteiger partial charge is 0.187 e. The van der Waals surface area contributed by atoms with E-state index in [9.17, 15) is 40.9 Å². The first kappa shape index (κ1) is 45.3. The molecule has 9 aliphatic rings. The Kier molecular flexibility index (Phi) is 12.4. The van der Waals surface area contributed by atoms with Crippen LogP contribution < -0.4 is 0 Å².